The molecule has 0 saturated heterocycles. The Morgan fingerprint density at radius 3 is 2.92 bits per heavy atom. The van der Waals surface area contributed by atoms with Crippen LogP contribution in [0.3, 0.4) is 0 Å². The molecule has 0 radical (unpaired) electrons. The van der Waals surface area contributed by atoms with Crippen molar-refractivity contribution >= 4 is 17.6 Å². The van der Waals surface area contributed by atoms with E-state index in [9.17, 15) is 4.79 Å². The molecule has 1 aromatic carbocycles. The number of fused-ring (bicyclic) bond motifs is 1. The van der Waals surface area contributed by atoms with E-state index in [2.05, 4.69) is 20.7 Å². The molecule has 7 nitrogen and oxygen atoms in total. The highest BCUT2D eigenvalue weighted by molar-refractivity contribution is 6.31. The zero-order chi connectivity index (χ0) is 18.4. The summed E-state index contributed by atoms with van der Waals surface area (Å²) in [6.07, 6.45) is 3.88. The van der Waals surface area contributed by atoms with Crippen LogP contribution >= 0.6 is 11.6 Å². The second kappa shape index (κ2) is 8.89. The second-order valence-electron chi connectivity index (χ2n) is 6.33. The standard InChI is InChI=1S/C18H25ClN6O/c1-20-17(22-13-14-7-2-3-8-15(14)19)21-10-6-12-25-18(26)24-11-5-4-9-16(24)23-25/h2-3,7-8H,4-6,9-13H2,1H3,(H2,20,21,22). The number of halogens is 1. The largest absolute Gasteiger partial charge is 0.356 e. The number of nitrogens with one attached hydrogen (secondary N) is 2. The van der Waals surface area contributed by atoms with Gasteiger partial charge in [0.15, 0.2) is 5.96 Å². The summed E-state index contributed by atoms with van der Waals surface area (Å²) in [5.41, 5.74) is 1.04. The predicted octanol–water partition coefficient (Wildman–Crippen LogP) is 1.79. The summed E-state index contributed by atoms with van der Waals surface area (Å²) in [4.78, 5) is 16.5. The Kier molecular flexibility index (Phi) is 6.33. The summed E-state index contributed by atoms with van der Waals surface area (Å²) in [6, 6.07) is 7.72. The second-order valence-corrected chi connectivity index (χ2v) is 6.74. The van der Waals surface area contributed by atoms with Crippen LogP contribution in [0.1, 0.15) is 30.7 Å². The van der Waals surface area contributed by atoms with Gasteiger partial charge in [-0.15, -0.1) is 0 Å². The number of aliphatic imine (C=N–C) groups is 1. The summed E-state index contributed by atoms with van der Waals surface area (Å²) in [5, 5.41) is 11.7. The quantitative estimate of drug-likeness (QED) is 0.458. The average Bonchev–Trinajstić information content (AvgIpc) is 2.98. The van der Waals surface area contributed by atoms with Gasteiger partial charge in [-0.2, -0.15) is 5.10 Å². The summed E-state index contributed by atoms with van der Waals surface area (Å²) in [7, 11) is 1.73. The lowest BCUT2D eigenvalue weighted by molar-refractivity contribution is 0.509. The molecule has 3 rings (SSSR count). The minimum atomic E-state index is 0.0147. The van der Waals surface area contributed by atoms with Gasteiger partial charge in [-0.05, 0) is 30.9 Å². The van der Waals surface area contributed by atoms with Gasteiger partial charge in [0, 0.05) is 44.7 Å². The molecule has 0 unspecified atom stereocenters. The van der Waals surface area contributed by atoms with Gasteiger partial charge in [0.1, 0.15) is 5.82 Å². The van der Waals surface area contributed by atoms with Gasteiger partial charge in [-0.25, -0.2) is 9.48 Å². The number of guanidine groups is 1. The van der Waals surface area contributed by atoms with E-state index in [1.807, 2.05) is 24.3 Å². The highest BCUT2D eigenvalue weighted by Crippen LogP contribution is 2.14. The molecule has 26 heavy (non-hydrogen) atoms. The predicted molar refractivity (Wildman–Crippen MR) is 104 cm³/mol. The molecular weight excluding hydrogens is 352 g/mol. The van der Waals surface area contributed by atoms with Crippen LogP contribution in [0.15, 0.2) is 34.1 Å². The van der Waals surface area contributed by atoms with Crippen molar-refractivity contribution < 1.29 is 0 Å². The van der Waals surface area contributed by atoms with Gasteiger partial charge in [-0.3, -0.25) is 9.56 Å². The number of rotatable bonds is 6. The lowest BCUT2D eigenvalue weighted by atomic mass is 10.2. The van der Waals surface area contributed by atoms with Crippen molar-refractivity contribution in [3.8, 4) is 0 Å². The molecule has 0 saturated carbocycles. The molecule has 0 fully saturated rings. The first-order chi connectivity index (χ1) is 12.7. The minimum absolute atomic E-state index is 0.0147. The molecule has 1 aliphatic rings. The lowest BCUT2D eigenvalue weighted by Gasteiger charge is -2.12. The maximum Gasteiger partial charge on any atom is 0.345 e. The fourth-order valence-electron chi connectivity index (χ4n) is 3.07. The molecule has 0 atom stereocenters. The van der Waals surface area contributed by atoms with E-state index in [4.69, 9.17) is 11.6 Å². The smallest absolute Gasteiger partial charge is 0.345 e. The third-order valence-corrected chi connectivity index (χ3v) is 4.87. The minimum Gasteiger partial charge on any atom is -0.356 e. The Morgan fingerprint density at radius 1 is 1.31 bits per heavy atom. The number of hydrogen-bond donors (Lipinski definition) is 2. The van der Waals surface area contributed by atoms with Crippen LogP contribution in [-0.2, 0) is 26.1 Å². The number of aromatic nitrogens is 3. The summed E-state index contributed by atoms with van der Waals surface area (Å²) in [6.45, 7) is 2.71. The maximum atomic E-state index is 12.3. The van der Waals surface area contributed by atoms with Gasteiger partial charge in [0.25, 0.3) is 0 Å². The van der Waals surface area contributed by atoms with Crippen LogP contribution in [0, 0.1) is 0 Å². The van der Waals surface area contributed by atoms with Gasteiger partial charge >= 0.3 is 5.69 Å². The third kappa shape index (κ3) is 4.46. The van der Waals surface area contributed by atoms with E-state index in [0.29, 0.717) is 25.6 Å². The molecule has 140 valence electrons. The van der Waals surface area contributed by atoms with E-state index >= 15 is 0 Å². The Bertz CT molecular complexity index is 825. The first-order valence-electron chi connectivity index (χ1n) is 9.03. The monoisotopic (exact) mass is 376 g/mol. The SMILES string of the molecule is CN=C(NCCCn1nc2n(c1=O)CCCC2)NCc1ccccc1Cl. The third-order valence-electron chi connectivity index (χ3n) is 4.50. The molecule has 2 heterocycles. The Hall–Kier alpha value is -2.28. The number of nitrogens with zero attached hydrogens (tertiary/aromatic N) is 4. The number of hydrogen-bond acceptors (Lipinski definition) is 3. The molecule has 2 N–H and O–H groups in total. The fraction of sp³-hybridized carbons (Fsp3) is 0.500. The zero-order valence-corrected chi connectivity index (χ0v) is 15.8. The number of aryl methyl sites for hydroxylation is 2. The van der Waals surface area contributed by atoms with Gasteiger partial charge < -0.3 is 10.6 Å². The highest BCUT2D eigenvalue weighted by atomic mass is 35.5. The fourth-order valence-corrected chi connectivity index (χ4v) is 3.27. The molecule has 0 aliphatic carbocycles. The molecule has 0 bridgehead atoms. The maximum absolute atomic E-state index is 12.3. The first-order valence-corrected chi connectivity index (χ1v) is 9.41. The van der Waals surface area contributed by atoms with Crippen LogP contribution in [0.2, 0.25) is 5.02 Å². The molecule has 8 heteroatoms. The molecule has 0 spiro atoms. The van der Waals surface area contributed by atoms with Crippen molar-refractivity contribution in [3.63, 3.8) is 0 Å². The molecule has 1 aromatic heterocycles. The molecule has 1 aliphatic heterocycles. The lowest BCUT2D eigenvalue weighted by Crippen LogP contribution is -2.38. The van der Waals surface area contributed by atoms with Crippen LogP contribution in [0.25, 0.3) is 0 Å². The Balaban J connectivity index is 1.44. The van der Waals surface area contributed by atoms with E-state index in [-0.39, 0.29) is 5.69 Å². The van der Waals surface area contributed by atoms with E-state index < -0.39 is 0 Å². The Morgan fingerprint density at radius 2 is 2.15 bits per heavy atom. The summed E-state index contributed by atoms with van der Waals surface area (Å²) < 4.78 is 3.39. The van der Waals surface area contributed by atoms with Crippen molar-refractivity contribution in [2.24, 2.45) is 4.99 Å². The molecule has 0 amide bonds. The summed E-state index contributed by atoms with van der Waals surface area (Å²) >= 11 is 6.16. The van der Waals surface area contributed by atoms with Crippen molar-refractivity contribution in [2.75, 3.05) is 13.6 Å². The van der Waals surface area contributed by atoms with Crippen LogP contribution in [0.4, 0.5) is 0 Å². The molecule has 2 aromatic rings. The molecular formula is C18H25ClN6O. The van der Waals surface area contributed by atoms with Crippen LogP contribution in [0.5, 0.6) is 0 Å². The average molecular weight is 377 g/mol. The first kappa shape index (κ1) is 18.5. The highest BCUT2D eigenvalue weighted by Gasteiger charge is 2.16. The summed E-state index contributed by atoms with van der Waals surface area (Å²) in [5.74, 6) is 1.63. The Labute approximate surface area is 158 Å². The van der Waals surface area contributed by atoms with Crippen molar-refractivity contribution in [1.82, 2.24) is 25.0 Å². The van der Waals surface area contributed by atoms with Crippen LogP contribution in [-0.4, -0.2) is 33.9 Å². The number of benzene rings is 1. The van der Waals surface area contributed by atoms with Crippen molar-refractivity contribution in [2.45, 2.75) is 45.3 Å². The van der Waals surface area contributed by atoms with Crippen LogP contribution < -0.4 is 16.3 Å². The van der Waals surface area contributed by atoms with Gasteiger partial charge in [-0.1, -0.05) is 29.8 Å². The van der Waals surface area contributed by atoms with E-state index in [1.54, 1.807) is 16.3 Å². The van der Waals surface area contributed by atoms with Gasteiger partial charge in [0.05, 0.1) is 0 Å². The zero-order valence-electron chi connectivity index (χ0n) is 15.0. The normalized spacial score (nSPS) is 14.2. The van der Waals surface area contributed by atoms with Crippen molar-refractivity contribution in [1.29, 1.82) is 0 Å². The van der Waals surface area contributed by atoms with Gasteiger partial charge in [0.2, 0.25) is 0 Å². The van der Waals surface area contributed by atoms with E-state index in [0.717, 1.165) is 48.6 Å². The van der Waals surface area contributed by atoms with E-state index in [1.165, 1.54) is 0 Å². The topological polar surface area (TPSA) is 76.2 Å². The van der Waals surface area contributed by atoms with Crippen molar-refractivity contribution in [3.05, 3.63) is 51.2 Å².